The van der Waals surface area contributed by atoms with Gasteiger partial charge in [-0.1, -0.05) is 6.07 Å². The van der Waals surface area contributed by atoms with E-state index in [4.69, 9.17) is 0 Å². The molecule has 0 N–H and O–H groups in total. The van der Waals surface area contributed by atoms with Crippen LogP contribution in [0.5, 0.6) is 0 Å². The molecule has 0 aliphatic heterocycles. The Morgan fingerprint density at radius 3 is 2.50 bits per heavy atom. The summed E-state index contributed by atoms with van der Waals surface area (Å²) in [4.78, 5) is 0. The van der Waals surface area contributed by atoms with Gasteiger partial charge in [-0.25, -0.2) is 8.42 Å². The van der Waals surface area contributed by atoms with Crippen LogP contribution >= 0.6 is 11.3 Å². The van der Waals surface area contributed by atoms with Gasteiger partial charge in [0.2, 0.25) is 0 Å². The molecule has 2 heterocycles. The summed E-state index contributed by atoms with van der Waals surface area (Å²) in [5, 5.41) is 10.6. The molecule has 0 radical (unpaired) electrons. The van der Waals surface area contributed by atoms with E-state index in [0.29, 0.717) is 16.2 Å². The zero-order chi connectivity index (χ0) is 17.1. The first-order chi connectivity index (χ1) is 11.3. The molecule has 24 heavy (non-hydrogen) atoms. The van der Waals surface area contributed by atoms with Crippen molar-refractivity contribution >= 4 is 21.4 Å². The van der Waals surface area contributed by atoms with E-state index < -0.39 is 15.6 Å². The van der Waals surface area contributed by atoms with Gasteiger partial charge in [-0.15, -0.1) is 21.5 Å². The average molecular weight is 367 g/mol. The number of sulfonamides is 1. The summed E-state index contributed by atoms with van der Waals surface area (Å²) in [5.41, 5.74) is -0.758. The Kier molecular flexibility index (Phi) is 3.63. The Balaban J connectivity index is 1.75. The van der Waals surface area contributed by atoms with Crippen LogP contribution in [0.25, 0.3) is 0 Å². The van der Waals surface area contributed by atoms with Crippen molar-refractivity contribution < 1.29 is 8.42 Å². The lowest BCUT2D eigenvalue weighted by molar-refractivity contribution is 0.246. The molecule has 0 amide bonds. The maximum absolute atomic E-state index is 12.9. The monoisotopic (exact) mass is 366 g/mol. The van der Waals surface area contributed by atoms with E-state index in [1.807, 2.05) is 13.8 Å². The average Bonchev–Trinajstić information content (AvgIpc) is 3.47. The minimum absolute atomic E-state index is 0.359. The predicted octanol–water partition coefficient (Wildman–Crippen LogP) is 3.11. The molecular formula is C16H22N4O2S2. The maximum Gasteiger partial charge on any atom is 0.253 e. The summed E-state index contributed by atoms with van der Waals surface area (Å²) in [6.45, 7) is 3.83. The Bertz CT molecular complexity index is 847. The number of hydrogen-bond acceptors (Lipinski definition) is 5. The van der Waals surface area contributed by atoms with E-state index in [-0.39, 0.29) is 0 Å². The van der Waals surface area contributed by atoms with Gasteiger partial charge in [0.05, 0.1) is 5.54 Å². The van der Waals surface area contributed by atoms with Gasteiger partial charge in [-0.3, -0.25) is 0 Å². The highest BCUT2D eigenvalue weighted by Gasteiger charge is 2.44. The molecule has 2 aliphatic carbocycles. The summed E-state index contributed by atoms with van der Waals surface area (Å²) >= 11 is 1.24. The highest BCUT2D eigenvalue weighted by Crippen LogP contribution is 2.46. The molecule has 0 aromatic carbocycles. The van der Waals surface area contributed by atoms with Crippen molar-refractivity contribution in [3.63, 3.8) is 0 Å². The molecule has 0 atom stereocenters. The maximum atomic E-state index is 12.9. The predicted molar refractivity (Wildman–Crippen MR) is 92.6 cm³/mol. The first-order valence-corrected chi connectivity index (χ1v) is 10.6. The molecule has 2 aromatic heterocycles. The number of rotatable bonds is 6. The van der Waals surface area contributed by atoms with Gasteiger partial charge < -0.3 is 4.57 Å². The Morgan fingerprint density at radius 2 is 1.96 bits per heavy atom. The van der Waals surface area contributed by atoms with Crippen molar-refractivity contribution in [2.24, 2.45) is 0 Å². The van der Waals surface area contributed by atoms with Gasteiger partial charge in [0.25, 0.3) is 10.0 Å². The van der Waals surface area contributed by atoms with E-state index in [2.05, 4.69) is 14.8 Å². The molecule has 0 bridgehead atoms. The zero-order valence-corrected chi connectivity index (χ0v) is 15.8. The number of hydrogen-bond donors (Lipinski definition) is 0. The minimum Gasteiger partial charge on any atom is -0.310 e. The van der Waals surface area contributed by atoms with Gasteiger partial charge in [0.15, 0.2) is 5.82 Å². The summed E-state index contributed by atoms with van der Waals surface area (Å²) in [6.07, 6.45) is 4.58. The first kappa shape index (κ1) is 16.2. The van der Waals surface area contributed by atoms with Crippen molar-refractivity contribution in [2.75, 3.05) is 7.05 Å². The van der Waals surface area contributed by atoms with E-state index in [1.165, 1.54) is 15.6 Å². The molecule has 4 rings (SSSR count). The van der Waals surface area contributed by atoms with Crippen LogP contribution in [0, 0.1) is 0 Å². The summed E-state index contributed by atoms with van der Waals surface area (Å²) in [7, 11) is -1.91. The SMILES string of the molecule is CN(C(C)(C)c1nnc(C2CC2)n1C1CC1)S(=O)(=O)c1cccs1. The molecule has 2 aromatic rings. The van der Waals surface area contributed by atoms with E-state index in [1.54, 1.807) is 24.6 Å². The number of thiophene rings is 1. The standard InChI is InChI=1S/C16H22N4O2S2/c1-16(2,19(3)24(21,22)13-5-4-10-23-13)15-18-17-14(11-6-7-11)20(15)12-8-9-12/h4-5,10-12H,6-9H2,1-3H3. The first-order valence-electron chi connectivity index (χ1n) is 8.31. The fourth-order valence-electron chi connectivity index (χ4n) is 3.02. The molecule has 8 heteroatoms. The Labute approximate surface area is 146 Å². The fourth-order valence-corrected chi connectivity index (χ4v) is 5.66. The van der Waals surface area contributed by atoms with Crippen molar-refractivity contribution in [1.29, 1.82) is 0 Å². The third kappa shape index (κ3) is 2.51. The summed E-state index contributed by atoms with van der Waals surface area (Å²) in [5.74, 6) is 2.30. The molecule has 0 saturated heterocycles. The second-order valence-corrected chi connectivity index (χ2v) is 10.4. The van der Waals surface area contributed by atoms with Crippen LogP contribution < -0.4 is 0 Å². The van der Waals surface area contributed by atoms with Crippen molar-refractivity contribution in [1.82, 2.24) is 19.1 Å². The molecule has 2 aliphatic rings. The van der Waals surface area contributed by atoms with Gasteiger partial charge >= 0.3 is 0 Å². The molecule has 2 saturated carbocycles. The molecule has 0 spiro atoms. The Morgan fingerprint density at radius 1 is 1.25 bits per heavy atom. The highest BCUT2D eigenvalue weighted by molar-refractivity contribution is 7.91. The molecule has 130 valence electrons. The second-order valence-electron chi connectivity index (χ2n) is 7.22. The Hall–Kier alpha value is -1.25. The zero-order valence-electron chi connectivity index (χ0n) is 14.1. The third-order valence-electron chi connectivity index (χ3n) is 5.02. The van der Waals surface area contributed by atoms with E-state index >= 15 is 0 Å². The lowest BCUT2D eigenvalue weighted by Crippen LogP contribution is -2.44. The smallest absolute Gasteiger partial charge is 0.253 e. The normalized spacial score (nSPS) is 19.2. The van der Waals surface area contributed by atoms with Crippen molar-refractivity contribution in [3.8, 4) is 0 Å². The molecule has 0 unspecified atom stereocenters. The quantitative estimate of drug-likeness (QED) is 0.788. The summed E-state index contributed by atoms with van der Waals surface area (Å²) in [6, 6.07) is 3.84. The molecule has 2 fully saturated rings. The lowest BCUT2D eigenvalue weighted by atomic mass is 10.0. The fraction of sp³-hybridized carbons (Fsp3) is 0.625. The lowest BCUT2D eigenvalue weighted by Gasteiger charge is -2.33. The number of aromatic nitrogens is 3. The van der Waals surface area contributed by atoms with Crippen LogP contribution in [0.4, 0.5) is 0 Å². The largest absolute Gasteiger partial charge is 0.310 e. The third-order valence-corrected chi connectivity index (χ3v) is 8.43. The van der Waals surface area contributed by atoms with E-state index in [0.717, 1.165) is 37.3 Å². The van der Waals surface area contributed by atoms with Crippen LogP contribution in [0.3, 0.4) is 0 Å². The van der Waals surface area contributed by atoms with Crippen LogP contribution in [0.2, 0.25) is 0 Å². The second kappa shape index (κ2) is 5.37. The van der Waals surface area contributed by atoms with Gasteiger partial charge in [-0.05, 0) is 51.0 Å². The van der Waals surface area contributed by atoms with Crippen LogP contribution in [0.1, 0.15) is 63.1 Å². The molecular weight excluding hydrogens is 344 g/mol. The highest BCUT2D eigenvalue weighted by atomic mass is 32.2. The van der Waals surface area contributed by atoms with Gasteiger partial charge in [-0.2, -0.15) is 4.31 Å². The van der Waals surface area contributed by atoms with Crippen LogP contribution in [0.15, 0.2) is 21.7 Å². The summed E-state index contributed by atoms with van der Waals surface area (Å²) < 4.78 is 29.9. The van der Waals surface area contributed by atoms with Crippen molar-refractivity contribution in [3.05, 3.63) is 29.2 Å². The van der Waals surface area contributed by atoms with Crippen molar-refractivity contribution in [2.45, 2.75) is 61.2 Å². The molecule has 6 nitrogen and oxygen atoms in total. The van der Waals surface area contributed by atoms with Gasteiger partial charge in [0.1, 0.15) is 10.0 Å². The van der Waals surface area contributed by atoms with Crippen LogP contribution in [-0.4, -0.2) is 34.5 Å². The topological polar surface area (TPSA) is 68.1 Å². The minimum atomic E-state index is -3.55. The van der Waals surface area contributed by atoms with Gasteiger partial charge in [0, 0.05) is 19.0 Å². The number of nitrogens with zero attached hydrogens (tertiary/aromatic N) is 4. The van der Waals surface area contributed by atoms with Crippen LogP contribution in [-0.2, 0) is 15.6 Å². The van der Waals surface area contributed by atoms with E-state index in [9.17, 15) is 8.42 Å².